The van der Waals surface area contributed by atoms with Crippen LogP contribution in [0.5, 0.6) is 5.75 Å². The Balaban J connectivity index is 1.83. The maximum absolute atomic E-state index is 5.31. The molecule has 0 amide bonds. The van der Waals surface area contributed by atoms with Crippen LogP contribution in [0.15, 0.2) is 59.2 Å². The van der Waals surface area contributed by atoms with Crippen LogP contribution in [0.3, 0.4) is 0 Å². The van der Waals surface area contributed by atoms with Gasteiger partial charge in [-0.15, -0.1) is 0 Å². The highest BCUT2D eigenvalue weighted by Gasteiger charge is 2.04. The summed E-state index contributed by atoms with van der Waals surface area (Å²) in [5.41, 5.74) is 3.27. The topological polar surface area (TPSA) is 34.1 Å². The molecule has 0 atom stereocenters. The van der Waals surface area contributed by atoms with Crippen molar-refractivity contribution in [3.05, 3.63) is 64.8 Å². The van der Waals surface area contributed by atoms with Crippen LogP contribution in [0, 0.1) is 0 Å². The summed E-state index contributed by atoms with van der Waals surface area (Å²) in [7, 11) is 1.67. The van der Waals surface area contributed by atoms with Crippen LogP contribution in [-0.4, -0.2) is 12.1 Å². The molecular weight excluding hydrogens is 328 g/mol. The highest BCUT2D eigenvalue weighted by Crippen LogP contribution is 2.28. The highest BCUT2D eigenvalue weighted by atomic mass is 79.9. The predicted octanol–water partition coefficient (Wildman–Crippen LogP) is 4.62. The number of hydrogen-bond donors (Lipinski definition) is 1. The number of anilines is 1. The third-order valence-corrected chi connectivity index (χ3v) is 4.03. The lowest BCUT2D eigenvalue weighted by atomic mass is 10.1. The second-order valence-corrected chi connectivity index (χ2v) is 5.54. The van der Waals surface area contributed by atoms with Crippen molar-refractivity contribution in [3.8, 4) is 5.75 Å². The normalized spacial score (nSPS) is 10.6. The van der Waals surface area contributed by atoms with Crippen LogP contribution in [0.1, 0.15) is 5.56 Å². The predicted molar refractivity (Wildman–Crippen MR) is 89.8 cm³/mol. The summed E-state index contributed by atoms with van der Waals surface area (Å²) in [5, 5.41) is 4.60. The molecule has 2 aromatic carbocycles. The Hall–Kier alpha value is -2.07. The lowest BCUT2D eigenvalue weighted by Gasteiger charge is -2.11. The number of benzene rings is 2. The fraction of sp³-hybridized carbons (Fsp3) is 0.118. The second-order valence-electron chi connectivity index (χ2n) is 4.69. The molecule has 0 unspecified atom stereocenters. The van der Waals surface area contributed by atoms with E-state index >= 15 is 0 Å². The first-order chi connectivity index (χ1) is 10.3. The van der Waals surface area contributed by atoms with Crippen LogP contribution in [0.25, 0.3) is 10.9 Å². The summed E-state index contributed by atoms with van der Waals surface area (Å²) in [5.74, 6) is 0.819. The second kappa shape index (κ2) is 6.14. The average molecular weight is 343 g/mol. The Morgan fingerprint density at radius 2 is 2.00 bits per heavy atom. The Kier molecular flexibility index (Phi) is 4.06. The van der Waals surface area contributed by atoms with E-state index in [4.69, 9.17) is 4.74 Å². The van der Waals surface area contributed by atoms with Crippen molar-refractivity contribution < 1.29 is 4.74 Å². The van der Waals surface area contributed by atoms with Crippen molar-refractivity contribution in [2.45, 2.75) is 6.54 Å². The summed E-state index contributed by atoms with van der Waals surface area (Å²) in [4.78, 5) is 4.38. The standard InChI is InChI=1S/C17H15BrN2O/c1-21-17-10-13(6-7-15(17)18)20-11-12-8-9-19-16-5-3-2-4-14(12)16/h2-10,20H,11H2,1H3. The fourth-order valence-electron chi connectivity index (χ4n) is 2.28. The molecule has 3 aromatic rings. The minimum Gasteiger partial charge on any atom is -0.495 e. The van der Waals surface area contributed by atoms with Crippen LogP contribution >= 0.6 is 15.9 Å². The van der Waals surface area contributed by atoms with Crippen molar-refractivity contribution in [1.82, 2.24) is 4.98 Å². The molecule has 3 nitrogen and oxygen atoms in total. The first-order valence-electron chi connectivity index (χ1n) is 6.68. The Morgan fingerprint density at radius 1 is 1.14 bits per heavy atom. The fourth-order valence-corrected chi connectivity index (χ4v) is 2.68. The SMILES string of the molecule is COc1cc(NCc2ccnc3ccccc23)ccc1Br. The van der Waals surface area contributed by atoms with Gasteiger partial charge < -0.3 is 10.1 Å². The summed E-state index contributed by atoms with van der Waals surface area (Å²) < 4.78 is 6.26. The number of pyridine rings is 1. The van der Waals surface area contributed by atoms with Gasteiger partial charge in [-0.1, -0.05) is 18.2 Å². The molecule has 3 rings (SSSR count). The lowest BCUT2D eigenvalue weighted by molar-refractivity contribution is 0.412. The number of hydrogen-bond acceptors (Lipinski definition) is 3. The van der Waals surface area contributed by atoms with E-state index in [0.717, 1.165) is 28.0 Å². The molecule has 1 N–H and O–H groups in total. The van der Waals surface area contributed by atoms with Gasteiger partial charge in [-0.25, -0.2) is 0 Å². The zero-order chi connectivity index (χ0) is 14.7. The molecule has 0 aliphatic heterocycles. The number of halogens is 1. The molecular formula is C17H15BrN2O. The van der Waals surface area contributed by atoms with Gasteiger partial charge in [0.05, 0.1) is 17.1 Å². The Bertz CT molecular complexity index is 768. The van der Waals surface area contributed by atoms with Crippen molar-refractivity contribution in [2.24, 2.45) is 0 Å². The van der Waals surface area contributed by atoms with Gasteiger partial charge in [0.1, 0.15) is 5.75 Å². The molecule has 106 valence electrons. The van der Waals surface area contributed by atoms with Crippen LogP contribution in [0.2, 0.25) is 0 Å². The first-order valence-corrected chi connectivity index (χ1v) is 7.47. The monoisotopic (exact) mass is 342 g/mol. The van der Waals surface area contributed by atoms with Gasteiger partial charge in [-0.05, 0) is 45.8 Å². The van der Waals surface area contributed by atoms with E-state index in [9.17, 15) is 0 Å². The molecule has 0 saturated carbocycles. The molecule has 0 fully saturated rings. The summed E-state index contributed by atoms with van der Waals surface area (Å²) >= 11 is 3.46. The number of fused-ring (bicyclic) bond motifs is 1. The molecule has 1 aromatic heterocycles. The van der Waals surface area contributed by atoms with Crippen LogP contribution in [-0.2, 0) is 6.54 Å². The zero-order valence-electron chi connectivity index (χ0n) is 11.6. The quantitative estimate of drug-likeness (QED) is 0.751. The third kappa shape index (κ3) is 3.00. The maximum atomic E-state index is 5.31. The molecule has 1 heterocycles. The van der Waals surface area contributed by atoms with E-state index in [1.54, 1.807) is 7.11 Å². The zero-order valence-corrected chi connectivity index (χ0v) is 13.2. The molecule has 0 spiro atoms. The van der Waals surface area contributed by atoms with Crippen LogP contribution < -0.4 is 10.1 Å². The molecule has 0 aliphatic rings. The van der Waals surface area contributed by atoms with Gasteiger partial charge in [0.2, 0.25) is 0 Å². The Labute approximate surface area is 132 Å². The number of ether oxygens (including phenoxy) is 1. The van der Waals surface area contributed by atoms with Gasteiger partial charge in [0.25, 0.3) is 0 Å². The van der Waals surface area contributed by atoms with E-state index in [0.29, 0.717) is 0 Å². The minimum absolute atomic E-state index is 0.744. The van der Waals surface area contributed by atoms with E-state index < -0.39 is 0 Å². The van der Waals surface area contributed by atoms with Crippen molar-refractivity contribution in [3.63, 3.8) is 0 Å². The maximum Gasteiger partial charge on any atom is 0.135 e. The molecule has 0 bridgehead atoms. The average Bonchev–Trinajstić information content (AvgIpc) is 2.54. The number of methoxy groups -OCH3 is 1. The van der Waals surface area contributed by atoms with E-state index in [2.05, 4.69) is 32.3 Å². The van der Waals surface area contributed by atoms with Gasteiger partial charge in [-0.2, -0.15) is 0 Å². The first kappa shape index (κ1) is 13.9. The van der Waals surface area contributed by atoms with E-state index in [1.165, 1.54) is 10.9 Å². The largest absolute Gasteiger partial charge is 0.495 e. The smallest absolute Gasteiger partial charge is 0.135 e. The molecule has 4 heteroatoms. The van der Waals surface area contributed by atoms with Crippen molar-refractivity contribution in [1.29, 1.82) is 0 Å². The van der Waals surface area contributed by atoms with Crippen LogP contribution in [0.4, 0.5) is 5.69 Å². The van der Waals surface area contributed by atoms with Gasteiger partial charge >= 0.3 is 0 Å². The lowest BCUT2D eigenvalue weighted by Crippen LogP contribution is -2.01. The summed E-state index contributed by atoms with van der Waals surface area (Å²) in [6, 6.07) is 16.2. The van der Waals surface area contributed by atoms with E-state index in [-0.39, 0.29) is 0 Å². The van der Waals surface area contributed by atoms with Crippen molar-refractivity contribution >= 4 is 32.5 Å². The number of aromatic nitrogens is 1. The van der Waals surface area contributed by atoms with Gasteiger partial charge in [-0.3, -0.25) is 4.98 Å². The van der Waals surface area contributed by atoms with Crippen molar-refractivity contribution in [2.75, 3.05) is 12.4 Å². The highest BCUT2D eigenvalue weighted by molar-refractivity contribution is 9.10. The number of rotatable bonds is 4. The third-order valence-electron chi connectivity index (χ3n) is 3.37. The number of nitrogens with zero attached hydrogens (tertiary/aromatic N) is 1. The van der Waals surface area contributed by atoms with Gasteiger partial charge in [0, 0.05) is 29.9 Å². The van der Waals surface area contributed by atoms with Gasteiger partial charge in [0.15, 0.2) is 0 Å². The minimum atomic E-state index is 0.744. The molecule has 21 heavy (non-hydrogen) atoms. The molecule has 0 saturated heterocycles. The Morgan fingerprint density at radius 3 is 2.86 bits per heavy atom. The summed E-state index contributed by atoms with van der Waals surface area (Å²) in [6.07, 6.45) is 1.85. The number of nitrogens with one attached hydrogen (secondary N) is 1. The molecule has 0 radical (unpaired) electrons. The van der Waals surface area contributed by atoms with E-state index in [1.807, 2.05) is 48.7 Å². The molecule has 0 aliphatic carbocycles. The number of para-hydroxylation sites is 1. The summed E-state index contributed by atoms with van der Waals surface area (Å²) in [6.45, 7) is 0.744.